The van der Waals surface area contributed by atoms with E-state index in [-0.39, 0.29) is 0 Å². The van der Waals surface area contributed by atoms with E-state index in [2.05, 4.69) is 13.0 Å². The molecule has 14 heavy (non-hydrogen) atoms. The maximum absolute atomic E-state index is 2.47. The smallest absolute Gasteiger partial charge is 0.0283 e. The highest BCUT2D eigenvalue weighted by atomic mass is 14.1. The van der Waals surface area contributed by atoms with Gasteiger partial charge in [0.15, 0.2) is 0 Å². The Bertz CT molecular complexity index is 149. The molecule has 0 saturated heterocycles. The molecule has 0 aliphatic heterocycles. The van der Waals surface area contributed by atoms with Crippen LogP contribution in [0.4, 0.5) is 0 Å². The van der Waals surface area contributed by atoms with Gasteiger partial charge in [-0.3, -0.25) is 0 Å². The number of unbranched alkanes of at least 4 members (excludes halogenated alkanes) is 8. The molecule has 0 heteroatoms. The first-order valence-electron chi connectivity index (χ1n) is 6.61. The molecule has 0 nitrogen and oxygen atoms in total. The maximum Gasteiger partial charge on any atom is -0.0283 e. The third-order valence-corrected chi connectivity index (χ3v) is 3.03. The second-order valence-corrected chi connectivity index (χ2v) is 4.63. The fourth-order valence-corrected chi connectivity index (χ4v) is 1.86. The topological polar surface area (TPSA) is 0 Å². The Morgan fingerprint density at radius 3 is 2.00 bits per heavy atom. The standard InChI is InChI=1S/C14H26/c1-2-3-4-5-6-7-8-9-10-11-14-12-13-14/h11H,2-10,12-13H2,1H3. The number of hydrogen-bond donors (Lipinski definition) is 0. The molecular formula is C14H26. The van der Waals surface area contributed by atoms with E-state index in [4.69, 9.17) is 0 Å². The minimum absolute atomic E-state index is 1.35. The summed E-state index contributed by atoms with van der Waals surface area (Å²) >= 11 is 0. The summed E-state index contributed by atoms with van der Waals surface area (Å²) in [5.74, 6) is 0. The van der Waals surface area contributed by atoms with Gasteiger partial charge in [0.1, 0.15) is 0 Å². The number of allylic oxidation sites excluding steroid dienone is 2. The van der Waals surface area contributed by atoms with Crippen LogP contribution in [0.2, 0.25) is 0 Å². The molecule has 0 bridgehead atoms. The summed E-state index contributed by atoms with van der Waals surface area (Å²) < 4.78 is 0. The van der Waals surface area contributed by atoms with Crippen molar-refractivity contribution in [2.45, 2.75) is 77.6 Å². The van der Waals surface area contributed by atoms with Crippen LogP contribution < -0.4 is 0 Å². The van der Waals surface area contributed by atoms with Gasteiger partial charge in [0.05, 0.1) is 0 Å². The summed E-state index contributed by atoms with van der Waals surface area (Å²) in [7, 11) is 0. The van der Waals surface area contributed by atoms with Crippen molar-refractivity contribution in [3.05, 3.63) is 11.6 Å². The van der Waals surface area contributed by atoms with Gasteiger partial charge in [-0.1, -0.05) is 63.5 Å². The summed E-state index contributed by atoms with van der Waals surface area (Å²) in [6.07, 6.45) is 18.2. The molecule has 0 aromatic rings. The van der Waals surface area contributed by atoms with Gasteiger partial charge in [-0.2, -0.15) is 0 Å². The second-order valence-electron chi connectivity index (χ2n) is 4.63. The summed E-state index contributed by atoms with van der Waals surface area (Å²) in [6, 6.07) is 0. The Kier molecular flexibility index (Phi) is 6.82. The highest BCUT2D eigenvalue weighted by Crippen LogP contribution is 2.28. The van der Waals surface area contributed by atoms with Crippen LogP contribution in [0.5, 0.6) is 0 Å². The summed E-state index contributed by atoms with van der Waals surface area (Å²) in [5, 5.41) is 0. The molecule has 1 aliphatic rings. The van der Waals surface area contributed by atoms with Crippen LogP contribution in [0, 0.1) is 0 Å². The lowest BCUT2D eigenvalue weighted by Gasteiger charge is -1.99. The number of hydrogen-bond acceptors (Lipinski definition) is 0. The summed E-state index contributed by atoms with van der Waals surface area (Å²) in [4.78, 5) is 0. The average Bonchev–Trinajstić information content (AvgIpc) is 2.99. The molecule has 1 rings (SSSR count). The molecule has 1 fully saturated rings. The van der Waals surface area contributed by atoms with Crippen molar-refractivity contribution in [3.63, 3.8) is 0 Å². The molecule has 0 spiro atoms. The molecule has 0 heterocycles. The van der Waals surface area contributed by atoms with Gasteiger partial charge in [0.2, 0.25) is 0 Å². The molecule has 0 atom stereocenters. The second kappa shape index (κ2) is 8.08. The van der Waals surface area contributed by atoms with Crippen molar-refractivity contribution in [1.82, 2.24) is 0 Å². The zero-order valence-electron chi connectivity index (χ0n) is 9.86. The Balaban J connectivity index is 1.69. The third kappa shape index (κ3) is 7.17. The predicted octanol–water partition coefficient (Wildman–Crippen LogP) is 5.24. The Morgan fingerprint density at radius 1 is 0.857 bits per heavy atom. The van der Waals surface area contributed by atoms with E-state index in [0.717, 1.165) is 0 Å². The first-order valence-corrected chi connectivity index (χ1v) is 6.61. The van der Waals surface area contributed by atoms with Crippen molar-refractivity contribution in [3.8, 4) is 0 Å². The quantitative estimate of drug-likeness (QED) is 0.348. The van der Waals surface area contributed by atoms with E-state index in [1.54, 1.807) is 5.57 Å². The lowest BCUT2D eigenvalue weighted by atomic mass is 10.1. The van der Waals surface area contributed by atoms with E-state index >= 15 is 0 Å². The van der Waals surface area contributed by atoms with E-state index in [0.29, 0.717) is 0 Å². The van der Waals surface area contributed by atoms with Gasteiger partial charge in [-0.25, -0.2) is 0 Å². The molecule has 0 radical (unpaired) electrons. The molecule has 1 aliphatic carbocycles. The van der Waals surface area contributed by atoms with Gasteiger partial charge in [-0.15, -0.1) is 0 Å². The molecule has 0 aromatic heterocycles. The first-order chi connectivity index (χ1) is 6.93. The summed E-state index contributed by atoms with van der Waals surface area (Å²) in [5.41, 5.74) is 1.72. The van der Waals surface area contributed by atoms with Crippen molar-refractivity contribution < 1.29 is 0 Å². The fourth-order valence-electron chi connectivity index (χ4n) is 1.86. The molecule has 82 valence electrons. The van der Waals surface area contributed by atoms with Crippen LogP contribution in [-0.2, 0) is 0 Å². The first kappa shape index (κ1) is 11.8. The monoisotopic (exact) mass is 194 g/mol. The third-order valence-electron chi connectivity index (χ3n) is 3.03. The largest absolute Gasteiger partial charge is 0.0853 e. The molecule has 0 aromatic carbocycles. The minimum Gasteiger partial charge on any atom is -0.0853 e. The van der Waals surface area contributed by atoms with E-state index in [1.165, 1.54) is 70.6 Å². The highest BCUT2D eigenvalue weighted by molar-refractivity contribution is 5.15. The molecule has 0 unspecified atom stereocenters. The van der Waals surface area contributed by atoms with Crippen LogP contribution in [0.1, 0.15) is 77.6 Å². The van der Waals surface area contributed by atoms with Crippen molar-refractivity contribution >= 4 is 0 Å². The van der Waals surface area contributed by atoms with Gasteiger partial charge in [-0.05, 0) is 25.7 Å². The van der Waals surface area contributed by atoms with E-state index in [9.17, 15) is 0 Å². The van der Waals surface area contributed by atoms with Crippen LogP contribution in [0.25, 0.3) is 0 Å². The van der Waals surface area contributed by atoms with Gasteiger partial charge in [0, 0.05) is 0 Å². The van der Waals surface area contributed by atoms with Crippen LogP contribution in [-0.4, -0.2) is 0 Å². The van der Waals surface area contributed by atoms with Crippen LogP contribution in [0.3, 0.4) is 0 Å². The molecule has 0 N–H and O–H groups in total. The Morgan fingerprint density at radius 2 is 1.43 bits per heavy atom. The van der Waals surface area contributed by atoms with Crippen LogP contribution >= 0.6 is 0 Å². The predicted molar refractivity (Wildman–Crippen MR) is 64.5 cm³/mol. The van der Waals surface area contributed by atoms with E-state index in [1.807, 2.05) is 0 Å². The van der Waals surface area contributed by atoms with Gasteiger partial charge >= 0.3 is 0 Å². The Labute approximate surface area is 89.8 Å². The minimum atomic E-state index is 1.35. The molecule has 0 amide bonds. The lowest BCUT2D eigenvalue weighted by molar-refractivity contribution is 0.577. The number of rotatable bonds is 9. The molecular weight excluding hydrogens is 168 g/mol. The van der Waals surface area contributed by atoms with Gasteiger partial charge in [0.25, 0.3) is 0 Å². The lowest BCUT2D eigenvalue weighted by Crippen LogP contribution is -1.79. The highest BCUT2D eigenvalue weighted by Gasteiger charge is 2.08. The normalized spacial score (nSPS) is 14.5. The van der Waals surface area contributed by atoms with Crippen molar-refractivity contribution in [2.24, 2.45) is 0 Å². The molecule has 1 saturated carbocycles. The zero-order valence-corrected chi connectivity index (χ0v) is 9.86. The fraction of sp³-hybridized carbons (Fsp3) is 0.857. The SMILES string of the molecule is CCCCCCCCCCC=C1CC1. The summed E-state index contributed by atoms with van der Waals surface area (Å²) in [6.45, 7) is 2.28. The van der Waals surface area contributed by atoms with Gasteiger partial charge < -0.3 is 0 Å². The Hall–Kier alpha value is -0.260. The van der Waals surface area contributed by atoms with Crippen molar-refractivity contribution in [2.75, 3.05) is 0 Å². The van der Waals surface area contributed by atoms with Crippen LogP contribution in [0.15, 0.2) is 11.6 Å². The zero-order chi connectivity index (χ0) is 10.1. The van der Waals surface area contributed by atoms with Crippen molar-refractivity contribution in [1.29, 1.82) is 0 Å². The van der Waals surface area contributed by atoms with E-state index < -0.39 is 0 Å². The maximum atomic E-state index is 2.47. The average molecular weight is 194 g/mol.